The van der Waals surface area contributed by atoms with E-state index in [9.17, 15) is 0 Å². The molecule has 0 aromatic carbocycles. The van der Waals surface area contributed by atoms with E-state index >= 15 is 0 Å². The second-order valence-electron chi connectivity index (χ2n) is 8.08. The molecule has 1 atom stereocenters. The molecule has 3 N–H and O–H groups in total. The smallest absolute Gasteiger partial charge is 0.227 e. The van der Waals surface area contributed by atoms with Crippen molar-refractivity contribution in [3.8, 4) is 0 Å². The Balaban J connectivity index is 1.30. The molecule has 0 bridgehead atoms. The third-order valence-corrected chi connectivity index (χ3v) is 6.77. The van der Waals surface area contributed by atoms with E-state index in [0.29, 0.717) is 6.54 Å². The van der Waals surface area contributed by atoms with Gasteiger partial charge in [-0.25, -0.2) is 9.97 Å². The van der Waals surface area contributed by atoms with Crippen molar-refractivity contribution in [2.45, 2.75) is 23.7 Å². The highest BCUT2D eigenvalue weighted by atomic mass is 32.2. The highest BCUT2D eigenvalue weighted by Crippen LogP contribution is 2.46. The molecular weight excluding hydrogens is 426 g/mol. The van der Waals surface area contributed by atoms with Gasteiger partial charge in [-0.15, -0.1) is 0 Å². The molecule has 1 saturated heterocycles. The Hall–Kier alpha value is -2.89. The molecule has 1 unspecified atom stereocenters. The molecule has 2 aliphatic rings. The number of aromatic nitrogens is 5. The topological polar surface area (TPSA) is 107 Å². The molecule has 168 valence electrons. The summed E-state index contributed by atoms with van der Waals surface area (Å²) in [7, 11) is 2.14. The number of fused-ring (bicyclic) bond motifs is 1. The van der Waals surface area contributed by atoms with Gasteiger partial charge in [0, 0.05) is 62.0 Å². The Bertz CT molecular complexity index is 1100. The van der Waals surface area contributed by atoms with Crippen LogP contribution in [-0.2, 0) is 6.54 Å². The minimum Gasteiger partial charge on any atom is -0.394 e. The van der Waals surface area contributed by atoms with E-state index < -0.39 is 0 Å². The van der Waals surface area contributed by atoms with Crippen molar-refractivity contribution in [2.75, 3.05) is 55.4 Å². The lowest BCUT2D eigenvalue weighted by molar-refractivity contribution is 0.269. The Morgan fingerprint density at radius 3 is 2.81 bits per heavy atom. The van der Waals surface area contributed by atoms with Crippen LogP contribution < -0.4 is 15.5 Å². The minimum absolute atomic E-state index is 0.0691. The maximum atomic E-state index is 9.10. The Labute approximate surface area is 191 Å². The van der Waals surface area contributed by atoms with Crippen LogP contribution in [0.2, 0.25) is 0 Å². The van der Waals surface area contributed by atoms with Gasteiger partial charge in [-0.1, -0.05) is 11.8 Å². The summed E-state index contributed by atoms with van der Waals surface area (Å²) < 4.78 is 1.75. The number of hydrogen-bond donors (Lipinski definition) is 3. The van der Waals surface area contributed by atoms with Crippen LogP contribution in [0.1, 0.15) is 16.6 Å². The van der Waals surface area contributed by atoms with E-state index in [1.54, 1.807) is 16.4 Å². The zero-order valence-electron chi connectivity index (χ0n) is 18.2. The third kappa shape index (κ3) is 4.50. The van der Waals surface area contributed by atoms with Gasteiger partial charge >= 0.3 is 0 Å². The minimum atomic E-state index is 0.0691. The van der Waals surface area contributed by atoms with Gasteiger partial charge in [0.1, 0.15) is 17.0 Å². The molecule has 3 aromatic heterocycles. The Morgan fingerprint density at radius 2 is 2.00 bits per heavy atom. The summed E-state index contributed by atoms with van der Waals surface area (Å²) in [4.78, 5) is 19.6. The van der Waals surface area contributed by atoms with Gasteiger partial charge in [-0.2, -0.15) is 10.1 Å². The fourth-order valence-corrected chi connectivity index (χ4v) is 4.86. The second-order valence-corrected chi connectivity index (χ2v) is 9.23. The van der Waals surface area contributed by atoms with E-state index in [2.05, 4.69) is 42.5 Å². The first-order valence-corrected chi connectivity index (χ1v) is 11.6. The number of anilines is 4. The number of piperazine rings is 1. The maximum Gasteiger partial charge on any atom is 0.227 e. The van der Waals surface area contributed by atoms with Crippen LogP contribution in [0.3, 0.4) is 0 Å². The molecule has 0 spiro atoms. The molecule has 0 amide bonds. The van der Waals surface area contributed by atoms with Gasteiger partial charge in [-0.05, 0) is 14.0 Å². The fraction of sp³-hybridized carbons (Fsp3) is 0.429. The summed E-state index contributed by atoms with van der Waals surface area (Å²) in [5.74, 6) is 2.23. The van der Waals surface area contributed by atoms with Crippen LogP contribution in [0.4, 0.5) is 23.3 Å². The van der Waals surface area contributed by atoms with Gasteiger partial charge in [0.2, 0.25) is 5.95 Å². The van der Waals surface area contributed by atoms with Crippen LogP contribution in [0.25, 0.3) is 0 Å². The number of nitrogens with one attached hydrogen (secondary N) is 2. The first-order valence-electron chi connectivity index (χ1n) is 10.7. The second kappa shape index (κ2) is 8.93. The Kier molecular flexibility index (Phi) is 5.85. The molecule has 3 aromatic rings. The number of aliphatic hydroxyl groups is 1. The summed E-state index contributed by atoms with van der Waals surface area (Å²) >= 11 is 1.71. The third-order valence-electron chi connectivity index (χ3n) is 5.57. The maximum absolute atomic E-state index is 9.10. The van der Waals surface area contributed by atoms with Crippen LogP contribution >= 0.6 is 11.8 Å². The number of rotatable bonds is 6. The van der Waals surface area contributed by atoms with E-state index in [1.165, 1.54) is 0 Å². The van der Waals surface area contributed by atoms with Crippen molar-refractivity contribution in [3.05, 3.63) is 42.0 Å². The molecule has 5 rings (SSSR count). The molecule has 0 aliphatic carbocycles. The Morgan fingerprint density at radius 1 is 1.16 bits per heavy atom. The standard InChI is InChI=1S/C21H27N9OS/c1-14-9-19(27-21(24-14)29-5-3-28(2)4-6-29)26-18-10-16-17(12-22-18)32-20(25-16)15-11-23-30(13-15)7-8-31/h9-13,20,25,31H,3-8H2,1-2H3,(H,22,24,26,27). The number of nitrogens with zero attached hydrogens (tertiary/aromatic N) is 7. The van der Waals surface area contributed by atoms with Crippen molar-refractivity contribution in [3.63, 3.8) is 0 Å². The van der Waals surface area contributed by atoms with Gasteiger partial charge < -0.3 is 25.5 Å². The largest absolute Gasteiger partial charge is 0.394 e. The average molecular weight is 454 g/mol. The van der Waals surface area contributed by atoms with Crippen LogP contribution in [0, 0.1) is 6.92 Å². The summed E-state index contributed by atoms with van der Waals surface area (Å²) in [6.07, 6.45) is 5.67. The summed E-state index contributed by atoms with van der Waals surface area (Å²) in [6, 6.07) is 3.95. The van der Waals surface area contributed by atoms with Crippen molar-refractivity contribution >= 4 is 35.0 Å². The molecule has 5 heterocycles. The molecule has 2 aliphatic heterocycles. The summed E-state index contributed by atoms with van der Waals surface area (Å²) in [5.41, 5.74) is 3.01. The lowest BCUT2D eigenvalue weighted by Gasteiger charge is -2.32. The van der Waals surface area contributed by atoms with Crippen molar-refractivity contribution in [1.29, 1.82) is 0 Å². The first kappa shape index (κ1) is 21.0. The van der Waals surface area contributed by atoms with E-state index in [4.69, 9.17) is 10.1 Å². The number of hydrogen-bond acceptors (Lipinski definition) is 10. The van der Waals surface area contributed by atoms with Gasteiger partial charge in [0.25, 0.3) is 0 Å². The molecule has 10 nitrogen and oxygen atoms in total. The molecule has 1 fully saturated rings. The fourth-order valence-electron chi connectivity index (χ4n) is 3.80. The predicted octanol–water partition coefficient (Wildman–Crippen LogP) is 2.08. The molecule has 11 heteroatoms. The highest BCUT2D eigenvalue weighted by Gasteiger charge is 2.25. The monoisotopic (exact) mass is 453 g/mol. The highest BCUT2D eigenvalue weighted by molar-refractivity contribution is 8.00. The van der Waals surface area contributed by atoms with Crippen molar-refractivity contribution in [2.24, 2.45) is 0 Å². The predicted molar refractivity (Wildman–Crippen MR) is 126 cm³/mol. The summed E-state index contributed by atoms with van der Waals surface area (Å²) in [5, 5.41) is 20.3. The average Bonchev–Trinajstić information content (AvgIpc) is 3.41. The number of aliphatic hydroxyl groups excluding tert-OH is 1. The lowest BCUT2D eigenvalue weighted by atomic mass is 10.3. The van der Waals surface area contributed by atoms with E-state index in [1.807, 2.05) is 37.6 Å². The van der Waals surface area contributed by atoms with Crippen LogP contribution in [0.15, 0.2) is 35.6 Å². The SMILES string of the molecule is Cc1cc(Nc2cc3c(cn2)SC(c2cnn(CCO)c2)N3)nc(N2CCN(C)CC2)n1. The van der Waals surface area contributed by atoms with Crippen LogP contribution in [0.5, 0.6) is 0 Å². The van der Waals surface area contributed by atoms with Crippen molar-refractivity contribution < 1.29 is 5.11 Å². The molecule has 32 heavy (non-hydrogen) atoms. The number of pyridine rings is 1. The van der Waals surface area contributed by atoms with E-state index in [-0.39, 0.29) is 12.0 Å². The number of likely N-dealkylation sites (N-methyl/N-ethyl adjacent to an activating group) is 1. The molecule has 0 radical (unpaired) electrons. The molecular formula is C21H27N9OS. The summed E-state index contributed by atoms with van der Waals surface area (Å²) in [6.45, 7) is 6.43. The van der Waals surface area contributed by atoms with Gasteiger partial charge in [0.05, 0.1) is 29.9 Å². The van der Waals surface area contributed by atoms with Gasteiger partial charge in [-0.3, -0.25) is 4.68 Å². The normalized spacial score (nSPS) is 18.5. The quantitative estimate of drug-likeness (QED) is 0.513. The number of thioether (sulfide) groups is 1. The molecule has 0 saturated carbocycles. The van der Waals surface area contributed by atoms with Gasteiger partial charge in [0.15, 0.2) is 0 Å². The van der Waals surface area contributed by atoms with Crippen LogP contribution in [-0.4, -0.2) is 74.6 Å². The van der Waals surface area contributed by atoms with E-state index in [0.717, 1.165) is 65.6 Å². The first-order chi connectivity index (χ1) is 15.6. The van der Waals surface area contributed by atoms with Crippen molar-refractivity contribution in [1.82, 2.24) is 29.6 Å². The number of aryl methyl sites for hydroxylation is 1. The zero-order chi connectivity index (χ0) is 22.1. The lowest BCUT2D eigenvalue weighted by Crippen LogP contribution is -2.45. The zero-order valence-corrected chi connectivity index (χ0v) is 19.0.